The van der Waals surface area contributed by atoms with Crippen LogP contribution in [0.3, 0.4) is 0 Å². The number of rotatable bonds is 5. The van der Waals surface area contributed by atoms with Crippen LogP contribution in [0.4, 0.5) is 5.13 Å². The van der Waals surface area contributed by atoms with Crippen molar-refractivity contribution < 1.29 is 9.84 Å². The molecule has 0 saturated heterocycles. The van der Waals surface area contributed by atoms with E-state index in [1.165, 1.54) is 5.56 Å². The third kappa shape index (κ3) is 3.79. The van der Waals surface area contributed by atoms with Crippen LogP contribution in [0.25, 0.3) is 21.3 Å². The van der Waals surface area contributed by atoms with Crippen molar-refractivity contribution in [3.05, 3.63) is 46.7 Å². The Labute approximate surface area is 187 Å². The van der Waals surface area contributed by atoms with Gasteiger partial charge in [0, 0.05) is 12.6 Å². The zero-order valence-corrected chi connectivity index (χ0v) is 19.0. The highest BCUT2D eigenvalue weighted by molar-refractivity contribution is 9.10. The molecule has 0 bridgehead atoms. The number of aliphatic hydroxyl groups excluding tert-OH is 1. The number of thiazole rings is 1. The quantitative estimate of drug-likeness (QED) is 0.406. The smallest absolute Gasteiger partial charge is 0.184 e. The number of ether oxygens (including phenoxy) is 1. The predicted octanol–water partition coefficient (Wildman–Crippen LogP) is 5.18. The van der Waals surface area contributed by atoms with Crippen LogP contribution in [0.15, 0.2) is 41.1 Å². The van der Waals surface area contributed by atoms with Gasteiger partial charge in [0.2, 0.25) is 0 Å². The second-order valence-corrected chi connectivity index (χ2v) is 9.66. The first-order valence-electron chi connectivity index (χ1n) is 10.1. The number of anilines is 1. The van der Waals surface area contributed by atoms with E-state index in [1.54, 1.807) is 18.4 Å². The fraction of sp³-hybridized carbons (Fsp3) is 0.364. The lowest BCUT2D eigenvalue weighted by Crippen LogP contribution is -2.36. The van der Waals surface area contributed by atoms with E-state index < -0.39 is 0 Å². The van der Waals surface area contributed by atoms with E-state index in [0.29, 0.717) is 0 Å². The van der Waals surface area contributed by atoms with Crippen LogP contribution >= 0.6 is 27.3 Å². The van der Waals surface area contributed by atoms with Crippen molar-refractivity contribution >= 4 is 53.6 Å². The lowest BCUT2D eigenvalue weighted by atomic mass is 9.93. The molecule has 30 heavy (non-hydrogen) atoms. The molecule has 4 aromatic rings. The first kappa shape index (κ1) is 19.8. The van der Waals surface area contributed by atoms with Crippen molar-refractivity contribution in [3.63, 3.8) is 0 Å². The van der Waals surface area contributed by atoms with E-state index in [4.69, 9.17) is 9.72 Å². The molecule has 2 aromatic heterocycles. The summed E-state index contributed by atoms with van der Waals surface area (Å²) < 4.78 is 9.57. The summed E-state index contributed by atoms with van der Waals surface area (Å²) in [7, 11) is 1.66. The summed E-state index contributed by atoms with van der Waals surface area (Å²) in [6.07, 6.45) is 5.71. The van der Waals surface area contributed by atoms with Crippen molar-refractivity contribution in [3.8, 4) is 5.75 Å². The van der Waals surface area contributed by atoms with Gasteiger partial charge < -0.3 is 19.7 Å². The number of halogens is 1. The Bertz CT molecular complexity index is 1200. The maximum Gasteiger partial charge on any atom is 0.184 e. The van der Waals surface area contributed by atoms with Gasteiger partial charge in [0.25, 0.3) is 0 Å². The number of hydrogen-bond acceptors (Lipinski definition) is 6. The third-order valence-electron chi connectivity index (χ3n) is 5.74. The Morgan fingerprint density at radius 2 is 2.10 bits per heavy atom. The minimum absolute atomic E-state index is 0.103. The SMILES string of the molecule is COc1cc2ncn(Cc3ccc4nc(N[C@@H]5CCCC[C@H]5O)sc4c3)c2cc1Br. The Morgan fingerprint density at radius 1 is 1.23 bits per heavy atom. The van der Waals surface area contributed by atoms with E-state index in [2.05, 4.69) is 49.0 Å². The van der Waals surface area contributed by atoms with Crippen LogP contribution in [0.1, 0.15) is 31.2 Å². The van der Waals surface area contributed by atoms with E-state index >= 15 is 0 Å². The lowest BCUT2D eigenvalue weighted by molar-refractivity contribution is 0.116. The molecule has 1 saturated carbocycles. The molecule has 6 nitrogen and oxygen atoms in total. The lowest BCUT2D eigenvalue weighted by Gasteiger charge is -2.27. The summed E-state index contributed by atoms with van der Waals surface area (Å²) in [5.74, 6) is 0.780. The fourth-order valence-electron chi connectivity index (χ4n) is 4.11. The molecular formula is C22H23BrN4O2S. The molecule has 0 unspecified atom stereocenters. The Kier molecular flexibility index (Phi) is 5.39. The molecular weight excluding hydrogens is 464 g/mol. The topological polar surface area (TPSA) is 72.2 Å². The third-order valence-corrected chi connectivity index (χ3v) is 7.31. The molecule has 1 aliphatic carbocycles. The highest BCUT2D eigenvalue weighted by Gasteiger charge is 2.23. The molecule has 0 spiro atoms. The van der Waals surface area contributed by atoms with Gasteiger partial charge in [-0.3, -0.25) is 0 Å². The molecule has 1 fully saturated rings. The number of nitrogens with zero attached hydrogens (tertiary/aromatic N) is 3. The van der Waals surface area contributed by atoms with Gasteiger partial charge in [-0.2, -0.15) is 0 Å². The van der Waals surface area contributed by atoms with Crippen LogP contribution in [0.2, 0.25) is 0 Å². The number of methoxy groups -OCH3 is 1. The van der Waals surface area contributed by atoms with Crippen LogP contribution in [0.5, 0.6) is 5.75 Å². The molecule has 0 aliphatic heterocycles. The van der Waals surface area contributed by atoms with Gasteiger partial charge in [0.05, 0.1) is 51.3 Å². The van der Waals surface area contributed by atoms with Gasteiger partial charge in [0.15, 0.2) is 5.13 Å². The van der Waals surface area contributed by atoms with Crippen LogP contribution in [-0.4, -0.2) is 38.9 Å². The van der Waals surface area contributed by atoms with E-state index in [1.807, 2.05) is 18.5 Å². The average molecular weight is 487 g/mol. The number of benzene rings is 2. The Balaban J connectivity index is 1.39. The van der Waals surface area contributed by atoms with E-state index in [9.17, 15) is 5.11 Å². The van der Waals surface area contributed by atoms with E-state index in [0.717, 1.165) is 68.8 Å². The Morgan fingerprint density at radius 3 is 2.93 bits per heavy atom. The van der Waals surface area contributed by atoms with Gasteiger partial charge in [-0.05, 0) is 52.5 Å². The summed E-state index contributed by atoms with van der Waals surface area (Å²) in [6.45, 7) is 0.729. The van der Waals surface area contributed by atoms with Gasteiger partial charge in [-0.15, -0.1) is 0 Å². The molecule has 2 heterocycles. The Hall–Kier alpha value is -2.16. The van der Waals surface area contributed by atoms with Gasteiger partial charge in [-0.25, -0.2) is 9.97 Å². The van der Waals surface area contributed by atoms with Crippen molar-refractivity contribution in [2.24, 2.45) is 0 Å². The number of nitrogens with one attached hydrogen (secondary N) is 1. The van der Waals surface area contributed by atoms with Crippen molar-refractivity contribution in [1.29, 1.82) is 0 Å². The second kappa shape index (κ2) is 8.17. The fourth-order valence-corrected chi connectivity index (χ4v) is 5.59. The summed E-state index contributed by atoms with van der Waals surface area (Å²) in [5, 5.41) is 14.6. The standard InChI is InChI=1S/C22H23BrN4O2S/c1-29-20-10-17-18(9-14(20)23)27(12-24-17)11-13-6-7-16-21(8-13)30-22(26-16)25-15-4-2-3-5-19(15)28/h6-10,12,15,19,28H,2-5,11H2,1H3,(H,25,26)/t15-,19-/m1/s1. The molecule has 0 amide bonds. The molecule has 1 aliphatic rings. The molecule has 8 heteroatoms. The molecule has 2 aromatic carbocycles. The zero-order valence-electron chi connectivity index (χ0n) is 16.6. The van der Waals surface area contributed by atoms with Crippen molar-refractivity contribution in [2.45, 2.75) is 44.4 Å². The zero-order chi connectivity index (χ0) is 20.7. The highest BCUT2D eigenvalue weighted by Crippen LogP contribution is 2.32. The molecule has 0 radical (unpaired) electrons. The van der Waals surface area contributed by atoms with Crippen LogP contribution < -0.4 is 10.1 Å². The molecule has 5 rings (SSSR count). The number of fused-ring (bicyclic) bond motifs is 2. The molecule has 156 valence electrons. The average Bonchev–Trinajstić information content (AvgIpc) is 3.32. The van der Waals surface area contributed by atoms with Crippen LogP contribution in [0, 0.1) is 0 Å². The maximum atomic E-state index is 10.2. The minimum Gasteiger partial charge on any atom is -0.495 e. The summed E-state index contributed by atoms with van der Waals surface area (Å²) in [5.41, 5.74) is 4.15. The predicted molar refractivity (Wildman–Crippen MR) is 125 cm³/mol. The first-order valence-corrected chi connectivity index (χ1v) is 11.7. The summed E-state index contributed by atoms with van der Waals surface area (Å²) in [6, 6.07) is 10.5. The number of imidazole rings is 1. The largest absolute Gasteiger partial charge is 0.495 e. The number of aromatic nitrogens is 3. The number of aliphatic hydroxyl groups is 1. The number of hydrogen-bond donors (Lipinski definition) is 2. The summed E-state index contributed by atoms with van der Waals surface area (Å²) >= 11 is 5.21. The molecule has 2 atom stereocenters. The van der Waals surface area contributed by atoms with Gasteiger partial charge >= 0.3 is 0 Å². The van der Waals surface area contributed by atoms with Crippen molar-refractivity contribution in [1.82, 2.24) is 14.5 Å². The highest BCUT2D eigenvalue weighted by atomic mass is 79.9. The first-order chi connectivity index (χ1) is 14.6. The van der Waals surface area contributed by atoms with Gasteiger partial charge in [0.1, 0.15) is 5.75 Å². The maximum absolute atomic E-state index is 10.2. The molecule has 2 N–H and O–H groups in total. The van der Waals surface area contributed by atoms with Crippen molar-refractivity contribution in [2.75, 3.05) is 12.4 Å². The van der Waals surface area contributed by atoms with E-state index in [-0.39, 0.29) is 12.1 Å². The summed E-state index contributed by atoms with van der Waals surface area (Å²) in [4.78, 5) is 9.24. The van der Waals surface area contributed by atoms with Gasteiger partial charge in [-0.1, -0.05) is 30.2 Å². The second-order valence-electron chi connectivity index (χ2n) is 7.77. The van der Waals surface area contributed by atoms with Crippen LogP contribution in [-0.2, 0) is 6.54 Å². The monoisotopic (exact) mass is 486 g/mol. The normalized spacial score (nSPS) is 19.4. The minimum atomic E-state index is -0.284.